The monoisotopic (exact) mass is 321 g/mol. The minimum absolute atomic E-state index is 0.443. The number of anilines is 1. The first-order valence-corrected chi connectivity index (χ1v) is 7.77. The number of halogens is 2. The lowest BCUT2D eigenvalue weighted by atomic mass is 9.76. The van der Waals surface area contributed by atoms with Crippen molar-refractivity contribution in [1.29, 1.82) is 0 Å². The van der Waals surface area contributed by atoms with Crippen LogP contribution >= 0.6 is 23.2 Å². The van der Waals surface area contributed by atoms with Gasteiger partial charge in [-0.25, -0.2) is 0 Å². The Bertz CT molecular complexity index is 638. The topological polar surface area (TPSA) is 21.3 Å². The van der Waals surface area contributed by atoms with Crippen LogP contribution in [0.15, 0.2) is 42.5 Å². The second-order valence-electron chi connectivity index (χ2n) is 5.41. The van der Waals surface area contributed by atoms with Gasteiger partial charge in [0.1, 0.15) is 5.75 Å². The van der Waals surface area contributed by atoms with Gasteiger partial charge in [0.2, 0.25) is 0 Å². The zero-order chi connectivity index (χ0) is 14.8. The predicted molar refractivity (Wildman–Crippen MR) is 88.8 cm³/mol. The van der Waals surface area contributed by atoms with Gasteiger partial charge in [-0.2, -0.15) is 0 Å². The molecular weight excluding hydrogens is 305 g/mol. The normalized spacial score (nSPS) is 20.7. The fourth-order valence-corrected chi connectivity index (χ4v) is 3.10. The summed E-state index contributed by atoms with van der Waals surface area (Å²) < 4.78 is 5.23. The highest BCUT2D eigenvalue weighted by Crippen LogP contribution is 2.40. The summed E-state index contributed by atoms with van der Waals surface area (Å²) in [7, 11) is 1.66. The average Bonchev–Trinajstić information content (AvgIpc) is 2.44. The molecule has 0 unspecified atom stereocenters. The van der Waals surface area contributed by atoms with Crippen molar-refractivity contribution in [3.05, 3.63) is 58.1 Å². The molecular formula is C17H17Cl2NO. The molecule has 110 valence electrons. The molecule has 0 radical (unpaired) electrons. The van der Waals surface area contributed by atoms with Crippen LogP contribution < -0.4 is 10.1 Å². The van der Waals surface area contributed by atoms with Gasteiger partial charge in [0, 0.05) is 17.1 Å². The van der Waals surface area contributed by atoms with Crippen LogP contribution in [0.3, 0.4) is 0 Å². The van der Waals surface area contributed by atoms with Gasteiger partial charge in [-0.3, -0.25) is 0 Å². The van der Waals surface area contributed by atoms with Crippen LogP contribution in [0.2, 0.25) is 10.0 Å². The molecule has 2 aromatic carbocycles. The first-order chi connectivity index (χ1) is 10.2. The quantitative estimate of drug-likeness (QED) is 0.818. The molecule has 2 aromatic rings. The third kappa shape index (κ3) is 3.28. The van der Waals surface area contributed by atoms with Crippen molar-refractivity contribution in [2.75, 3.05) is 12.4 Å². The molecule has 0 aromatic heterocycles. The van der Waals surface area contributed by atoms with Gasteiger partial charge in [-0.1, -0.05) is 35.3 Å². The van der Waals surface area contributed by atoms with E-state index in [2.05, 4.69) is 17.4 Å². The summed E-state index contributed by atoms with van der Waals surface area (Å²) in [6.07, 6.45) is 2.18. The van der Waals surface area contributed by atoms with Gasteiger partial charge in [-0.05, 0) is 48.6 Å². The summed E-state index contributed by atoms with van der Waals surface area (Å²) >= 11 is 12.3. The Morgan fingerprint density at radius 1 is 1.10 bits per heavy atom. The molecule has 21 heavy (non-hydrogen) atoms. The predicted octanol–water partition coefficient (Wildman–Crippen LogP) is 5.36. The van der Waals surface area contributed by atoms with E-state index in [0.29, 0.717) is 12.0 Å². The van der Waals surface area contributed by atoms with Gasteiger partial charge in [0.05, 0.1) is 17.8 Å². The molecule has 3 rings (SSSR count). The molecule has 1 aliphatic carbocycles. The number of benzene rings is 2. The third-order valence-corrected chi connectivity index (χ3v) is 4.56. The van der Waals surface area contributed by atoms with Crippen molar-refractivity contribution in [3.63, 3.8) is 0 Å². The lowest BCUT2D eigenvalue weighted by Crippen LogP contribution is -2.34. The standard InChI is InChI=1S/C17H17Cl2NO/c1-21-15-5-6-16(19)17(10-15)20-14-8-12(9-14)11-3-2-4-13(18)7-11/h2-7,10,12,14,20H,8-9H2,1H3. The van der Waals surface area contributed by atoms with Crippen molar-refractivity contribution in [2.45, 2.75) is 24.8 Å². The van der Waals surface area contributed by atoms with E-state index >= 15 is 0 Å². The second kappa shape index (κ2) is 6.17. The number of hydrogen-bond acceptors (Lipinski definition) is 2. The SMILES string of the molecule is COc1ccc(Cl)c(NC2CC(c3cccc(Cl)c3)C2)c1. The summed E-state index contributed by atoms with van der Waals surface area (Å²) in [5.74, 6) is 1.39. The van der Waals surface area contributed by atoms with Gasteiger partial charge in [0.15, 0.2) is 0 Å². The molecule has 1 aliphatic rings. The molecule has 1 N–H and O–H groups in total. The molecule has 0 spiro atoms. The maximum atomic E-state index is 6.22. The van der Waals surface area contributed by atoms with E-state index in [4.69, 9.17) is 27.9 Å². The second-order valence-corrected chi connectivity index (χ2v) is 6.25. The van der Waals surface area contributed by atoms with E-state index in [1.54, 1.807) is 7.11 Å². The van der Waals surface area contributed by atoms with Crippen molar-refractivity contribution < 1.29 is 4.74 Å². The van der Waals surface area contributed by atoms with E-state index < -0.39 is 0 Å². The Morgan fingerprint density at radius 3 is 2.62 bits per heavy atom. The summed E-state index contributed by atoms with van der Waals surface area (Å²) in [6, 6.07) is 14.2. The van der Waals surface area contributed by atoms with Crippen LogP contribution in [0.1, 0.15) is 24.3 Å². The smallest absolute Gasteiger partial charge is 0.121 e. The molecule has 0 heterocycles. The van der Waals surface area contributed by atoms with Crippen LogP contribution in [-0.2, 0) is 0 Å². The number of rotatable bonds is 4. The van der Waals surface area contributed by atoms with E-state index in [-0.39, 0.29) is 0 Å². The summed E-state index contributed by atoms with van der Waals surface area (Å²) in [5, 5.41) is 5.02. The lowest BCUT2D eigenvalue weighted by molar-refractivity contribution is 0.374. The van der Waals surface area contributed by atoms with Crippen LogP contribution in [0.25, 0.3) is 0 Å². The van der Waals surface area contributed by atoms with E-state index in [0.717, 1.165) is 34.3 Å². The number of hydrogen-bond donors (Lipinski definition) is 1. The highest BCUT2D eigenvalue weighted by Gasteiger charge is 2.30. The Morgan fingerprint density at radius 2 is 1.90 bits per heavy atom. The van der Waals surface area contributed by atoms with Crippen LogP contribution in [0.4, 0.5) is 5.69 Å². The van der Waals surface area contributed by atoms with Crippen molar-refractivity contribution in [2.24, 2.45) is 0 Å². The lowest BCUT2D eigenvalue weighted by Gasteiger charge is -2.37. The fraction of sp³-hybridized carbons (Fsp3) is 0.294. The number of methoxy groups -OCH3 is 1. The van der Waals surface area contributed by atoms with Crippen molar-refractivity contribution in [1.82, 2.24) is 0 Å². The fourth-order valence-electron chi connectivity index (χ4n) is 2.73. The molecule has 2 nitrogen and oxygen atoms in total. The average molecular weight is 322 g/mol. The zero-order valence-electron chi connectivity index (χ0n) is 11.8. The maximum absolute atomic E-state index is 6.22. The largest absolute Gasteiger partial charge is 0.497 e. The van der Waals surface area contributed by atoms with Crippen LogP contribution in [-0.4, -0.2) is 13.2 Å². The van der Waals surface area contributed by atoms with E-state index in [1.807, 2.05) is 30.3 Å². The number of nitrogens with one attached hydrogen (secondary N) is 1. The Kier molecular flexibility index (Phi) is 4.27. The van der Waals surface area contributed by atoms with Crippen LogP contribution in [0.5, 0.6) is 5.75 Å². The Labute approximate surface area is 135 Å². The highest BCUT2D eigenvalue weighted by molar-refractivity contribution is 6.33. The Balaban J connectivity index is 1.62. The first kappa shape index (κ1) is 14.6. The van der Waals surface area contributed by atoms with E-state index in [1.165, 1.54) is 5.56 Å². The van der Waals surface area contributed by atoms with Gasteiger partial charge in [-0.15, -0.1) is 0 Å². The zero-order valence-corrected chi connectivity index (χ0v) is 13.3. The molecule has 0 saturated heterocycles. The molecule has 4 heteroatoms. The van der Waals surface area contributed by atoms with Crippen LogP contribution in [0, 0.1) is 0 Å². The van der Waals surface area contributed by atoms with Crippen molar-refractivity contribution in [3.8, 4) is 5.75 Å². The summed E-state index contributed by atoms with van der Waals surface area (Å²) in [4.78, 5) is 0. The Hall–Kier alpha value is -1.38. The molecule has 0 amide bonds. The minimum atomic E-state index is 0.443. The molecule has 1 fully saturated rings. The first-order valence-electron chi connectivity index (χ1n) is 7.01. The summed E-state index contributed by atoms with van der Waals surface area (Å²) in [6.45, 7) is 0. The van der Waals surface area contributed by atoms with Crippen molar-refractivity contribution >= 4 is 28.9 Å². The maximum Gasteiger partial charge on any atom is 0.121 e. The number of ether oxygens (including phenoxy) is 1. The van der Waals surface area contributed by atoms with E-state index in [9.17, 15) is 0 Å². The van der Waals surface area contributed by atoms with Gasteiger partial charge >= 0.3 is 0 Å². The summed E-state index contributed by atoms with van der Waals surface area (Å²) in [5.41, 5.74) is 2.25. The van der Waals surface area contributed by atoms with Gasteiger partial charge in [0.25, 0.3) is 0 Å². The molecule has 0 atom stereocenters. The molecule has 0 bridgehead atoms. The molecule has 0 aliphatic heterocycles. The molecule has 1 saturated carbocycles. The van der Waals surface area contributed by atoms with Gasteiger partial charge < -0.3 is 10.1 Å². The minimum Gasteiger partial charge on any atom is -0.497 e. The third-order valence-electron chi connectivity index (χ3n) is 3.99. The highest BCUT2D eigenvalue weighted by atomic mass is 35.5.